The fourth-order valence-corrected chi connectivity index (χ4v) is 3.61. The molecule has 1 saturated heterocycles. The van der Waals surface area contributed by atoms with Crippen LogP contribution in [0.2, 0.25) is 0 Å². The summed E-state index contributed by atoms with van der Waals surface area (Å²) in [6, 6.07) is 0.220. The molecule has 0 bridgehead atoms. The van der Waals surface area contributed by atoms with Gasteiger partial charge in [-0.25, -0.2) is 0 Å². The summed E-state index contributed by atoms with van der Waals surface area (Å²) in [5.74, 6) is 0. The zero-order chi connectivity index (χ0) is 15.5. The number of aryl methyl sites for hydroxylation is 1. The Hall–Kier alpha value is -0.430. The minimum absolute atomic E-state index is 0.00470. The molecule has 1 fully saturated rings. The Morgan fingerprint density at radius 2 is 2.10 bits per heavy atom. The summed E-state index contributed by atoms with van der Waals surface area (Å²) < 4.78 is 8.55. The number of rotatable bonds is 6. The number of aromatic nitrogens is 2. The Kier molecular flexibility index (Phi) is 5.82. The van der Waals surface area contributed by atoms with Crippen LogP contribution in [-0.2, 0) is 11.8 Å². The van der Waals surface area contributed by atoms with Crippen molar-refractivity contribution in [1.82, 2.24) is 20.0 Å². The van der Waals surface area contributed by atoms with Crippen molar-refractivity contribution >= 4 is 15.9 Å². The van der Waals surface area contributed by atoms with Gasteiger partial charge in [0.25, 0.3) is 0 Å². The van der Waals surface area contributed by atoms with Crippen molar-refractivity contribution in [3.8, 4) is 0 Å². The molecular weight excluding hydrogens is 332 g/mol. The average molecular weight is 359 g/mol. The third-order valence-corrected chi connectivity index (χ3v) is 4.95. The van der Waals surface area contributed by atoms with Crippen LogP contribution < -0.4 is 5.32 Å². The molecule has 2 rings (SSSR count). The van der Waals surface area contributed by atoms with E-state index in [1.165, 1.54) is 5.69 Å². The molecule has 5 nitrogen and oxygen atoms in total. The molecular formula is C15H27BrN4O. The highest BCUT2D eigenvalue weighted by atomic mass is 79.9. The third kappa shape index (κ3) is 3.67. The molecule has 6 heteroatoms. The van der Waals surface area contributed by atoms with Crippen LogP contribution in [0, 0.1) is 0 Å². The lowest BCUT2D eigenvalue weighted by Crippen LogP contribution is -2.56. The van der Waals surface area contributed by atoms with Crippen molar-refractivity contribution in [2.75, 3.05) is 32.8 Å². The highest BCUT2D eigenvalue weighted by Gasteiger charge is 2.39. The quantitative estimate of drug-likeness (QED) is 0.847. The molecule has 1 aliphatic heterocycles. The number of ether oxygens (including phenoxy) is 1. The maximum atomic E-state index is 5.51. The monoisotopic (exact) mass is 358 g/mol. The molecule has 2 heterocycles. The van der Waals surface area contributed by atoms with Gasteiger partial charge in [-0.3, -0.25) is 9.58 Å². The van der Waals surface area contributed by atoms with E-state index in [1.807, 2.05) is 17.9 Å². The van der Waals surface area contributed by atoms with E-state index in [0.717, 1.165) is 43.7 Å². The molecule has 120 valence electrons. The van der Waals surface area contributed by atoms with E-state index < -0.39 is 0 Å². The molecule has 0 saturated carbocycles. The lowest BCUT2D eigenvalue weighted by atomic mass is 9.89. The van der Waals surface area contributed by atoms with Crippen LogP contribution in [0.25, 0.3) is 0 Å². The van der Waals surface area contributed by atoms with Gasteiger partial charge in [0.15, 0.2) is 0 Å². The minimum atomic E-state index is -0.00470. The van der Waals surface area contributed by atoms with Gasteiger partial charge in [0, 0.05) is 25.7 Å². The van der Waals surface area contributed by atoms with Gasteiger partial charge in [0.2, 0.25) is 0 Å². The standard InChI is InChI=1S/C15H27BrN4O/c1-5-6-17-14(13-12(16)11-18-19(13)4)15(2,3)20-7-9-21-10-8-20/h11,14,17H,5-10H2,1-4H3. The fourth-order valence-electron chi connectivity index (χ4n) is 3.04. The van der Waals surface area contributed by atoms with E-state index in [4.69, 9.17) is 4.74 Å². The molecule has 0 aromatic carbocycles. The van der Waals surface area contributed by atoms with Crippen LogP contribution in [0.1, 0.15) is 38.9 Å². The number of hydrogen-bond donors (Lipinski definition) is 1. The molecule has 21 heavy (non-hydrogen) atoms. The number of nitrogens with one attached hydrogen (secondary N) is 1. The van der Waals surface area contributed by atoms with Gasteiger partial charge >= 0.3 is 0 Å². The van der Waals surface area contributed by atoms with Gasteiger partial charge in [-0.15, -0.1) is 0 Å². The first-order chi connectivity index (χ1) is 9.98. The summed E-state index contributed by atoms with van der Waals surface area (Å²) in [6.45, 7) is 11.4. The zero-order valence-corrected chi connectivity index (χ0v) is 15.1. The second kappa shape index (κ2) is 7.22. The van der Waals surface area contributed by atoms with Crippen LogP contribution in [0.4, 0.5) is 0 Å². The lowest BCUT2D eigenvalue weighted by Gasteiger charge is -2.46. The molecule has 0 aliphatic carbocycles. The van der Waals surface area contributed by atoms with Crippen molar-refractivity contribution in [2.24, 2.45) is 7.05 Å². The summed E-state index contributed by atoms with van der Waals surface area (Å²) in [5, 5.41) is 8.11. The molecule has 0 amide bonds. The van der Waals surface area contributed by atoms with Crippen molar-refractivity contribution in [1.29, 1.82) is 0 Å². The van der Waals surface area contributed by atoms with Gasteiger partial charge in [0.05, 0.1) is 35.6 Å². The minimum Gasteiger partial charge on any atom is -0.379 e. The first-order valence-corrected chi connectivity index (χ1v) is 8.51. The van der Waals surface area contributed by atoms with E-state index in [2.05, 4.69) is 52.0 Å². The summed E-state index contributed by atoms with van der Waals surface area (Å²) in [4.78, 5) is 2.52. The Labute approximate surface area is 136 Å². The van der Waals surface area contributed by atoms with Crippen molar-refractivity contribution < 1.29 is 4.74 Å². The molecule has 1 aromatic rings. The Morgan fingerprint density at radius 1 is 1.43 bits per heavy atom. The van der Waals surface area contributed by atoms with Crippen LogP contribution in [-0.4, -0.2) is 53.1 Å². The first kappa shape index (κ1) is 16.9. The smallest absolute Gasteiger partial charge is 0.0711 e. The SMILES string of the molecule is CCCNC(c1c(Br)cnn1C)C(C)(C)N1CCOCC1. The van der Waals surface area contributed by atoms with Crippen LogP contribution in [0.3, 0.4) is 0 Å². The summed E-state index contributed by atoms with van der Waals surface area (Å²) in [5.41, 5.74) is 1.20. The molecule has 1 aromatic heterocycles. The van der Waals surface area contributed by atoms with Gasteiger partial charge in [0.1, 0.15) is 0 Å². The number of hydrogen-bond acceptors (Lipinski definition) is 4. The van der Waals surface area contributed by atoms with Gasteiger partial charge < -0.3 is 10.1 Å². The van der Waals surface area contributed by atoms with Crippen LogP contribution in [0.15, 0.2) is 10.7 Å². The highest BCUT2D eigenvalue weighted by Crippen LogP contribution is 2.35. The topological polar surface area (TPSA) is 42.3 Å². The van der Waals surface area contributed by atoms with Gasteiger partial charge in [-0.1, -0.05) is 6.92 Å². The maximum absolute atomic E-state index is 5.51. The predicted octanol–water partition coefficient (Wildman–Crippen LogP) is 2.33. The van der Waals surface area contributed by atoms with E-state index in [-0.39, 0.29) is 11.6 Å². The second-order valence-corrected chi connectivity index (χ2v) is 7.00. The molecule has 1 atom stereocenters. The first-order valence-electron chi connectivity index (χ1n) is 7.72. The number of nitrogens with zero attached hydrogens (tertiary/aromatic N) is 3. The van der Waals surface area contributed by atoms with Gasteiger partial charge in [-0.05, 0) is 42.7 Å². The Bertz CT molecular complexity index is 435. The summed E-state index contributed by atoms with van der Waals surface area (Å²) >= 11 is 3.66. The van der Waals surface area contributed by atoms with E-state index in [1.54, 1.807) is 0 Å². The zero-order valence-electron chi connectivity index (χ0n) is 13.5. The maximum Gasteiger partial charge on any atom is 0.0711 e. The van der Waals surface area contributed by atoms with Crippen LogP contribution >= 0.6 is 15.9 Å². The summed E-state index contributed by atoms with van der Waals surface area (Å²) in [7, 11) is 2.01. The third-order valence-electron chi connectivity index (χ3n) is 4.34. The fraction of sp³-hybridized carbons (Fsp3) is 0.800. The predicted molar refractivity (Wildman–Crippen MR) is 88.4 cm³/mol. The number of halogens is 1. The molecule has 0 radical (unpaired) electrons. The van der Waals surface area contributed by atoms with Crippen molar-refractivity contribution in [3.63, 3.8) is 0 Å². The molecule has 1 N–H and O–H groups in total. The van der Waals surface area contributed by atoms with E-state index in [9.17, 15) is 0 Å². The van der Waals surface area contributed by atoms with Crippen LogP contribution in [0.5, 0.6) is 0 Å². The molecule has 0 spiro atoms. The van der Waals surface area contributed by atoms with Crippen molar-refractivity contribution in [3.05, 3.63) is 16.4 Å². The van der Waals surface area contributed by atoms with Crippen molar-refractivity contribution in [2.45, 2.75) is 38.8 Å². The van der Waals surface area contributed by atoms with Gasteiger partial charge in [-0.2, -0.15) is 5.10 Å². The summed E-state index contributed by atoms with van der Waals surface area (Å²) in [6.07, 6.45) is 3.00. The van der Waals surface area contributed by atoms with E-state index in [0.29, 0.717) is 0 Å². The average Bonchev–Trinajstić information content (AvgIpc) is 2.80. The second-order valence-electron chi connectivity index (χ2n) is 6.14. The number of morpholine rings is 1. The lowest BCUT2D eigenvalue weighted by molar-refractivity contribution is -0.0248. The molecule has 1 unspecified atom stereocenters. The highest BCUT2D eigenvalue weighted by molar-refractivity contribution is 9.10. The Morgan fingerprint density at radius 3 is 2.62 bits per heavy atom. The largest absolute Gasteiger partial charge is 0.379 e. The normalized spacial score (nSPS) is 18.9. The van der Waals surface area contributed by atoms with E-state index >= 15 is 0 Å². The molecule has 1 aliphatic rings. The Balaban J connectivity index is 2.29.